The van der Waals surface area contributed by atoms with E-state index in [2.05, 4.69) is 44.2 Å². The molecule has 3 saturated carbocycles. The molecule has 3 aliphatic rings. The van der Waals surface area contributed by atoms with Gasteiger partial charge in [-0.2, -0.15) is 0 Å². The largest absolute Gasteiger partial charge is 0.412 e. The predicted molar refractivity (Wildman–Crippen MR) is 124 cm³/mol. The van der Waals surface area contributed by atoms with Crippen LogP contribution in [-0.2, 0) is 0 Å². The Bertz CT molecular complexity index is 366. The molecule has 0 radical (unpaired) electrons. The van der Waals surface area contributed by atoms with Crippen LogP contribution < -0.4 is 0 Å². The Morgan fingerprint density at radius 2 is 1.08 bits per heavy atom. The molecule has 25 heavy (non-hydrogen) atoms. The van der Waals surface area contributed by atoms with Gasteiger partial charge in [0.05, 0.1) is 0 Å². The molecule has 3 rings (SSSR count). The first-order chi connectivity index (χ1) is 11.6. The number of hydrogen-bond donors (Lipinski definition) is 0. The van der Waals surface area contributed by atoms with Crippen LogP contribution in [0.1, 0.15) is 80.9 Å². The maximum atomic E-state index is 14.4. The van der Waals surface area contributed by atoms with Crippen molar-refractivity contribution in [2.45, 2.75) is 90.4 Å². The second kappa shape index (κ2) is 12.0. The van der Waals surface area contributed by atoms with E-state index in [4.69, 9.17) is 0 Å². The molecule has 2 N–H and O–H groups in total. The summed E-state index contributed by atoms with van der Waals surface area (Å²) in [5.74, 6) is 3.12. The standard InChI is InChI=1S/C20H34F2.I2.H2O.2H2/c1-13-3-6-15(7-4-13)16-8-10-17(11-9-16)18-12-5-14(2)19(21)20(18)22;1-2;;;/h13-20H,3-12H2,1-2H3;;1H2;2*1H. The first-order valence-electron chi connectivity index (χ1n) is 9.98. The molecule has 0 bridgehead atoms. The van der Waals surface area contributed by atoms with Crippen LogP contribution in [0.5, 0.6) is 0 Å². The lowest BCUT2D eigenvalue weighted by Gasteiger charge is -2.42. The number of hydrogen-bond acceptors (Lipinski definition) is 0. The summed E-state index contributed by atoms with van der Waals surface area (Å²) in [7, 11) is 0. The summed E-state index contributed by atoms with van der Waals surface area (Å²) in [6, 6.07) is 0. The monoisotopic (exact) mass is 588 g/mol. The SMILES string of the molecule is CC1CCC(C2CCC(C3CCC(C)C(F)C3F)CC2)CC1.II.O.[HH].[HH]. The van der Waals surface area contributed by atoms with Crippen molar-refractivity contribution in [3.63, 3.8) is 0 Å². The van der Waals surface area contributed by atoms with Crippen LogP contribution in [0.3, 0.4) is 0 Å². The van der Waals surface area contributed by atoms with Crippen LogP contribution in [0.15, 0.2) is 0 Å². The number of rotatable bonds is 2. The van der Waals surface area contributed by atoms with Crippen LogP contribution in [0.4, 0.5) is 8.78 Å². The Labute approximate surface area is 179 Å². The summed E-state index contributed by atoms with van der Waals surface area (Å²) in [5, 5.41) is 0. The van der Waals surface area contributed by atoms with E-state index in [1.807, 2.05) is 6.92 Å². The third kappa shape index (κ3) is 6.40. The lowest BCUT2D eigenvalue weighted by atomic mass is 9.64. The molecular weight excluding hydrogens is 548 g/mol. The molecule has 154 valence electrons. The fraction of sp³-hybridized carbons (Fsp3) is 1.00. The molecule has 0 saturated heterocycles. The molecule has 0 aromatic heterocycles. The van der Waals surface area contributed by atoms with E-state index in [-0.39, 0.29) is 20.2 Å². The van der Waals surface area contributed by atoms with E-state index in [9.17, 15) is 8.78 Å². The zero-order valence-electron chi connectivity index (χ0n) is 15.7. The van der Waals surface area contributed by atoms with Crippen molar-refractivity contribution in [2.24, 2.45) is 35.5 Å². The zero-order chi connectivity index (χ0) is 17.7. The topological polar surface area (TPSA) is 31.5 Å². The molecule has 1 nitrogen and oxygen atoms in total. The molecule has 5 heteroatoms. The highest BCUT2D eigenvalue weighted by Crippen LogP contribution is 2.46. The van der Waals surface area contributed by atoms with E-state index in [0.29, 0.717) is 5.92 Å². The highest BCUT2D eigenvalue weighted by Gasteiger charge is 2.43. The lowest BCUT2D eigenvalue weighted by Crippen LogP contribution is -2.41. The van der Waals surface area contributed by atoms with E-state index in [0.717, 1.165) is 43.4 Å². The van der Waals surface area contributed by atoms with Gasteiger partial charge in [-0.1, -0.05) is 26.7 Å². The first-order valence-corrected chi connectivity index (χ1v) is 16.3. The third-order valence-electron chi connectivity index (χ3n) is 7.36. The van der Waals surface area contributed by atoms with Gasteiger partial charge in [-0.15, -0.1) is 0 Å². The van der Waals surface area contributed by atoms with Crippen LogP contribution in [0, 0.1) is 35.5 Å². The minimum atomic E-state index is -1.21. The molecular formula is C20H40F2I2O. The summed E-state index contributed by atoms with van der Waals surface area (Å²) in [5.41, 5.74) is 0. The van der Waals surface area contributed by atoms with Gasteiger partial charge in [-0.25, -0.2) is 8.78 Å². The van der Waals surface area contributed by atoms with Crippen LogP contribution in [0.2, 0.25) is 0 Å². The summed E-state index contributed by atoms with van der Waals surface area (Å²) in [4.78, 5) is 0. The molecule has 3 fully saturated rings. The Balaban J connectivity index is 0. The van der Waals surface area contributed by atoms with Gasteiger partial charge in [0.1, 0.15) is 12.3 Å². The molecule has 4 atom stereocenters. The second-order valence-electron chi connectivity index (χ2n) is 8.80. The van der Waals surface area contributed by atoms with Crippen LogP contribution >= 0.6 is 37.2 Å². The average molecular weight is 588 g/mol. The van der Waals surface area contributed by atoms with Crippen molar-refractivity contribution in [1.82, 2.24) is 0 Å². The summed E-state index contributed by atoms with van der Waals surface area (Å²) in [6.07, 6.45) is 9.89. The van der Waals surface area contributed by atoms with Crippen LogP contribution in [0.25, 0.3) is 0 Å². The van der Waals surface area contributed by atoms with Gasteiger partial charge >= 0.3 is 0 Å². The third-order valence-corrected chi connectivity index (χ3v) is 7.36. The van der Waals surface area contributed by atoms with Gasteiger partial charge in [0.25, 0.3) is 0 Å². The maximum Gasteiger partial charge on any atom is 0.134 e. The predicted octanol–water partition coefficient (Wildman–Crippen LogP) is 7.78. The van der Waals surface area contributed by atoms with Crippen molar-refractivity contribution in [3.8, 4) is 0 Å². The Kier molecular flexibility index (Phi) is 11.6. The maximum absolute atomic E-state index is 14.4. The van der Waals surface area contributed by atoms with E-state index in [1.165, 1.54) is 38.5 Å². The molecule has 0 aromatic rings. The quantitative estimate of drug-likeness (QED) is 0.295. The van der Waals surface area contributed by atoms with Gasteiger partial charge in [-0.3, -0.25) is 0 Å². The van der Waals surface area contributed by atoms with Crippen molar-refractivity contribution < 1.29 is 17.1 Å². The second-order valence-corrected chi connectivity index (χ2v) is 8.80. The minimum absolute atomic E-state index is 0. The van der Waals surface area contributed by atoms with Gasteiger partial charge in [0, 0.05) is 40.1 Å². The van der Waals surface area contributed by atoms with Gasteiger partial charge in [0.2, 0.25) is 0 Å². The zero-order valence-corrected chi connectivity index (χ0v) is 20.0. The van der Waals surface area contributed by atoms with Gasteiger partial charge in [-0.05, 0) is 86.9 Å². The molecule has 0 spiro atoms. The molecule has 0 amide bonds. The van der Waals surface area contributed by atoms with E-state index < -0.39 is 12.3 Å². The fourth-order valence-electron chi connectivity index (χ4n) is 5.62. The van der Waals surface area contributed by atoms with E-state index >= 15 is 0 Å². The van der Waals surface area contributed by atoms with Crippen molar-refractivity contribution in [1.29, 1.82) is 0 Å². The molecule has 0 aliphatic heterocycles. The normalized spacial score (nSPS) is 44.9. The Hall–Kier alpha value is 1.28. The van der Waals surface area contributed by atoms with Crippen molar-refractivity contribution in [2.75, 3.05) is 0 Å². The highest BCUT2D eigenvalue weighted by atomic mass is 128. The first kappa shape index (κ1) is 24.3. The summed E-state index contributed by atoms with van der Waals surface area (Å²) < 4.78 is 28.4. The van der Waals surface area contributed by atoms with E-state index in [1.54, 1.807) is 0 Å². The summed E-state index contributed by atoms with van der Waals surface area (Å²) >= 11 is 4.24. The Morgan fingerprint density at radius 3 is 1.60 bits per heavy atom. The Morgan fingerprint density at radius 1 is 0.640 bits per heavy atom. The lowest BCUT2D eigenvalue weighted by molar-refractivity contribution is -0.00996. The molecule has 4 unspecified atom stereocenters. The minimum Gasteiger partial charge on any atom is -0.412 e. The van der Waals surface area contributed by atoms with Crippen LogP contribution in [-0.4, -0.2) is 17.8 Å². The highest BCUT2D eigenvalue weighted by molar-refractivity contribution is 15.0. The number of halogens is 4. The summed E-state index contributed by atoms with van der Waals surface area (Å²) in [6.45, 7) is 4.25. The van der Waals surface area contributed by atoms with Crippen molar-refractivity contribution >= 4 is 37.2 Å². The van der Waals surface area contributed by atoms with Gasteiger partial charge < -0.3 is 5.48 Å². The van der Waals surface area contributed by atoms with Gasteiger partial charge in [0.15, 0.2) is 0 Å². The average Bonchev–Trinajstić information content (AvgIpc) is 2.63. The van der Waals surface area contributed by atoms with Crippen molar-refractivity contribution in [3.05, 3.63) is 0 Å². The molecule has 0 heterocycles. The molecule has 0 aromatic carbocycles. The number of alkyl halides is 2. The smallest absolute Gasteiger partial charge is 0.134 e. The molecule has 3 aliphatic carbocycles. The fourth-order valence-corrected chi connectivity index (χ4v) is 5.62.